The second-order valence-corrected chi connectivity index (χ2v) is 2.62. The molecule has 1 aliphatic rings. The second-order valence-electron chi connectivity index (χ2n) is 2.62. The second kappa shape index (κ2) is 2.99. The molecule has 1 aliphatic heterocycles. The fraction of sp³-hybridized carbons (Fsp3) is 0.125. The van der Waals surface area contributed by atoms with Crippen molar-refractivity contribution in [1.29, 1.82) is 0 Å². The van der Waals surface area contributed by atoms with E-state index < -0.39 is 12.3 Å². The van der Waals surface area contributed by atoms with Gasteiger partial charge in [-0.05, 0) is 18.6 Å². The summed E-state index contributed by atoms with van der Waals surface area (Å²) in [7, 11) is 0. The zero-order chi connectivity index (χ0) is 10.1. The maximum Gasteiger partial charge on any atom is 0.525 e. The Morgan fingerprint density at radius 3 is 2.64 bits per heavy atom. The molecule has 0 spiro atoms. The third-order valence-electron chi connectivity index (χ3n) is 1.49. The van der Waals surface area contributed by atoms with E-state index in [1.807, 2.05) is 0 Å². The van der Waals surface area contributed by atoms with Gasteiger partial charge in [-0.1, -0.05) is 0 Å². The van der Waals surface area contributed by atoms with Crippen LogP contribution in [0.3, 0.4) is 0 Å². The number of carbonyl (C=O) groups excluding carboxylic acids is 2. The van der Waals surface area contributed by atoms with Crippen molar-refractivity contribution in [2.45, 2.75) is 6.92 Å². The molecule has 0 atom stereocenters. The number of ether oxygens (including phenoxy) is 3. The predicted octanol–water partition coefficient (Wildman–Crippen LogP) is 1.42. The van der Waals surface area contributed by atoms with Crippen LogP contribution in [0.1, 0.15) is 5.56 Å². The molecule has 2 heterocycles. The molecule has 14 heavy (non-hydrogen) atoms. The molecular formula is C8H5NO5. The van der Waals surface area contributed by atoms with Gasteiger partial charge in [0.15, 0.2) is 5.75 Å². The Morgan fingerprint density at radius 1 is 1.14 bits per heavy atom. The topological polar surface area (TPSA) is 74.7 Å². The minimum absolute atomic E-state index is 0.0702. The Morgan fingerprint density at radius 2 is 1.86 bits per heavy atom. The number of hydrogen-bond acceptors (Lipinski definition) is 6. The van der Waals surface area contributed by atoms with Gasteiger partial charge in [0.2, 0.25) is 0 Å². The van der Waals surface area contributed by atoms with Gasteiger partial charge in [-0.25, -0.2) is 14.6 Å². The summed E-state index contributed by atoms with van der Waals surface area (Å²) >= 11 is 0. The number of rotatable bonds is 0. The van der Waals surface area contributed by atoms with Gasteiger partial charge in [0.05, 0.1) is 0 Å². The lowest BCUT2D eigenvalue weighted by atomic mass is 10.3. The van der Waals surface area contributed by atoms with Crippen molar-refractivity contribution >= 4 is 12.3 Å². The number of fused-ring (bicyclic) bond motifs is 1. The van der Waals surface area contributed by atoms with Crippen LogP contribution >= 0.6 is 0 Å². The first-order valence-corrected chi connectivity index (χ1v) is 3.73. The van der Waals surface area contributed by atoms with Gasteiger partial charge >= 0.3 is 12.3 Å². The van der Waals surface area contributed by atoms with Crippen LogP contribution in [0, 0.1) is 6.92 Å². The lowest BCUT2D eigenvalue weighted by Gasteiger charge is -2.01. The van der Waals surface area contributed by atoms with Gasteiger partial charge < -0.3 is 14.2 Å². The fourth-order valence-corrected chi connectivity index (χ4v) is 0.958. The number of carbonyl (C=O) groups is 2. The molecule has 0 unspecified atom stereocenters. The lowest BCUT2D eigenvalue weighted by Crippen LogP contribution is -2.14. The van der Waals surface area contributed by atoms with E-state index in [1.54, 1.807) is 6.92 Å². The SMILES string of the molecule is Cc1cnc2c(c1)OC(=O)OC(=O)O2. The first-order valence-electron chi connectivity index (χ1n) is 3.73. The smallest absolute Gasteiger partial charge is 0.389 e. The normalized spacial score (nSPS) is 14.6. The predicted molar refractivity (Wildman–Crippen MR) is 42.1 cm³/mol. The van der Waals surface area contributed by atoms with Crippen LogP contribution in [-0.2, 0) is 4.74 Å². The van der Waals surface area contributed by atoms with Crippen LogP contribution in [0.2, 0.25) is 0 Å². The molecule has 2 rings (SSSR count). The molecule has 6 nitrogen and oxygen atoms in total. The van der Waals surface area contributed by atoms with Crippen LogP contribution in [0.25, 0.3) is 0 Å². The van der Waals surface area contributed by atoms with E-state index in [0.717, 1.165) is 5.56 Å². The molecule has 0 N–H and O–H groups in total. The molecule has 0 saturated carbocycles. The van der Waals surface area contributed by atoms with Crippen LogP contribution in [0.5, 0.6) is 11.6 Å². The Kier molecular flexibility index (Phi) is 1.81. The van der Waals surface area contributed by atoms with Crippen molar-refractivity contribution < 1.29 is 23.8 Å². The molecule has 72 valence electrons. The van der Waals surface area contributed by atoms with Crippen LogP contribution in [0.15, 0.2) is 12.3 Å². The Labute approximate surface area is 78.4 Å². The summed E-state index contributed by atoms with van der Waals surface area (Å²) in [5, 5.41) is 0. The molecule has 0 aromatic carbocycles. The summed E-state index contributed by atoms with van der Waals surface area (Å²) in [5.41, 5.74) is 0.773. The zero-order valence-electron chi connectivity index (χ0n) is 7.14. The molecule has 1 aromatic rings. The third-order valence-corrected chi connectivity index (χ3v) is 1.49. The maximum absolute atomic E-state index is 10.8. The van der Waals surface area contributed by atoms with E-state index in [1.165, 1.54) is 12.3 Å². The molecular weight excluding hydrogens is 190 g/mol. The van der Waals surface area contributed by atoms with Gasteiger partial charge in [-0.2, -0.15) is 0 Å². The molecule has 0 radical (unpaired) electrons. The maximum atomic E-state index is 10.8. The van der Waals surface area contributed by atoms with E-state index in [9.17, 15) is 9.59 Å². The molecule has 0 amide bonds. The molecule has 1 aromatic heterocycles. The van der Waals surface area contributed by atoms with Crippen molar-refractivity contribution in [2.75, 3.05) is 0 Å². The number of aromatic nitrogens is 1. The minimum Gasteiger partial charge on any atom is -0.389 e. The highest BCUT2D eigenvalue weighted by atomic mass is 16.8. The van der Waals surface area contributed by atoms with Crippen LogP contribution in [-0.4, -0.2) is 17.3 Å². The van der Waals surface area contributed by atoms with Gasteiger partial charge in [0, 0.05) is 6.20 Å². The van der Waals surface area contributed by atoms with E-state index in [4.69, 9.17) is 0 Å². The first-order chi connectivity index (χ1) is 6.65. The first kappa shape index (κ1) is 8.49. The molecule has 0 bridgehead atoms. The minimum atomic E-state index is -1.15. The Hall–Kier alpha value is -2.11. The van der Waals surface area contributed by atoms with Gasteiger partial charge in [-0.15, -0.1) is 0 Å². The van der Waals surface area contributed by atoms with E-state index in [-0.39, 0.29) is 11.6 Å². The number of aryl methyl sites for hydroxylation is 1. The summed E-state index contributed by atoms with van der Waals surface area (Å²) in [5.74, 6) is -0.00713. The van der Waals surface area contributed by atoms with Gasteiger partial charge in [0.1, 0.15) is 0 Å². The van der Waals surface area contributed by atoms with E-state index >= 15 is 0 Å². The van der Waals surface area contributed by atoms with Crippen LogP contribution in [0.4, 0.5) is 9.59 Å². The summed E-state index contributed by atoms with van der Waals surface area (Å²) in [6.07, 6.45) is -0.795. The van der Waals surface area contributed by atoms with Crippen molar-refractivity contribution in [1.82, 2.24) is 4.98 Å². The monoisotopic (exact) mass is 195 g/mol. The van der Waals surface area contributed by atoms with Crippen molar-refractivity contribution in [3.05, 3.63) is 17.8 Å². The van der Waals surface area contributed by atoms with Gasteiger partial charge in [-0.3, -0.25) is 0 Å². The molecule has 0 fully saturated rings. The largest absolute Gasteiger partial charge is 0.525 e. The summed E-state index contributed by atoms with van der Waals surface area (Å²) in [6, 6.07) is 1.52. The summed E-state index contributed by atoms with van der Waals surface area (Å²) < 4.78 is 13.3. The highest BCUT2D eigenvalue weighted by Crippen LogP contribution is 2.27. The molecule has 6 heteroatoms. The highest BCUT2D eigenvalue weighted by Gasteiger charge is 2.24. The molecule has 0 saturated heterocycles. The quantitative estimate of drug-likeness (QED) is 0.460. The molecule has 0 aliphatic carbocycles. The Bertz CT molecular complexity index is 414. The van der Waals surface area contributed by atoms with Crippen molar-refractivity contribution in [3.63, 3.8) is 0 Å². The van der Waals surface area contributed by atoms with Crippen molar-refractivity contribution in [2.24, 2.45) is 0 Å². The average molecular weight is 195 g/mol. The number of pyridine rings is 1. The van der Waals surface area contributed by atoms with Gasteiger partial charge in [0.25, 0.3) is 5.88 Å². The number of cyclic esters (lactones) is 2. The Balaban J connectivity index is 2.46. The summed E-state index contributed by atoms with van der Waals surface area (Å²) in [4.78, 5) is 25.3. The van der Waals surface area contributed by atoms with Crippen LogP contribution < -0.4 is 9.47 Å². The lowest BCUT2D eigenvalue weighted by molar-refractivity contribution is 0.0993. The fourth-order valence-electron chi connectivity index (χ4n) is 0.958. The zero-order valence-corrected chi connectivity index (χ0v) is 7.14. The number of nitrogens with zero attached hydrogens (tertiary/aromatic N) is 1. The standard InChI is InChI=1S/C8H5NO5/c1-4-2-5-6(9-3-4)13-8(11)14-7(10)12-5/h2-3H,1H3. The highest BCUT2D eigenvalue weighted by molar-refractivity contribution is 5.82. The number of hydrogen-bond donors (Lipinski definition) is 0. The average Bonchev–Trinajstić information content (AvgIpc) is 2.21. The van der Waals surface area contributed by atoms with E-state index in [0.29, 0.717) is 0 Å². The van der Waals surface area contributed by atoms with E-state index in [2.05, 4.69) is 19.2 Å². The van der Waals surface area contributed by atoms with Crippen molar-refractivity contribution in [3.8, 4) is 11.6 Å². The summed E-state index contributed by atoms with van der Waals surface area (Å²) in [6.45, 7) is 1.76. The third kappa shape index (κ3) is 1.49.